The number of aryl methyl sites for hydroxylation is 2. The highest BCUT2D eigenvalue weighted by atomic mass is 15.3. The van der Waals surface area contributed by atoms with E-state index in [1.54, 1.807) is 0 Å². The van der Waals surface area contributed by atoms with E-state index in [2.05, 4.69) is 157 Å². The minimum absolute atomic E-state index is 0. The molecule has 0 N–H and O–H groups in total. The van der Waals surface area contributed by atoms with Crippen molar-refractivity contribution >= 4 is 66.4 Å². The molecule has 0 atom stereocenters. The van der Waals surface area contributed by atoms with Crippen molar-refractivity contribution in [1.29, 1.82) is 0 Å². The van der Waals surface area contributed by atoms with E-state index in [9.17, 15) is 0 Å². The van der Waals surface area contributed by atoms with Gasteiger partial charge in [0.1, 0.15) is 0 Å². The van der Waals surface area contributed by atoms with Gasteiger partial charge in [-0.15, -0.1) is 0 Å². The molecule has 7 aromatic rings. The molecule has 41 heavy (non-hydrogen) atoms. The highest BCUT2D eigenvalue weighted by molar-refractivity contribution is 6.07. The standard InChI is InChI=1S/C38H28N2.CH4/c1-25-19-35-36(20-26(25)2)40(34-18-16-28-10-4-6-12-30(28)22-34)38-24-32-14-8-7-13-31(32)23-37(38)39(35)33-17-15-27-9-3-5-11-29(27)21-33;/h3-24H,1-2H3;1H4. The van der Waals surface area contributed by atoms with E-state index in [-0.39, 0.29) is 7.43 Å². The summed E-state index contributed by atoms with van der Waals surface area (Å²) in [7, 11) is 0. The maximum absolute atomic E-state index is 2.45. The molecule has 0 unspecified atom stereocenters. The van der Waals surface area contributed by atoms with Gasteiger partial charge in [0, 0.05) is 11.4 Å². The molecule has 1 aliphatic rings. The van der Waals surface area contributed by atoms with E-state index in [4.69, 9.17) is 0 Å². The fourth-order valence-electron chi connectivity index (χ4n) is 6.17. The van der Waals surface area contributed by atoms with Crippen LogP contribution in [0.2, 0.25) is 0 Å². The van der Waals surface area contributed by atoms with Gasteiger partial charge in [-0.2, -0.15) is 0 Å². The van der Waals surface area contributed by atoms with Crippen LogP contribution in [0.3, 0.4) is 0 Å². The van der Waals surface area contributed by atoms with E-state index >= 15 is 0 Å². The highest BCUT2D eigenvalue weighted by Crippen LogP contribution is 2.56. The quantitative estimate of drug-likeness (QED) is 0.220. The molecule has 1 heterocycles. The zero-order chi connectivity index (χ0) is 26.8. The summed E-state index contributed by atoms with van der Waals surface area (Å²) in [5.74, 6) is 0. The Balaban J connectivity index is 0.00000276. The second kappa shape index (κ2) is 9.53. The minimum Gasteiger partial charge on any atom is -0.306 e. The molecular formula is C39H32N2. The second-order valence-electron chi connectivity index (χ2n) is 10.8. The third-order valence-electron chi connectivity index (χ3n) is 8.38. The first-order valence-corrected chi connectivity index (χ1v) is 13.9. The average molecular weight is 529 g/mol. The van der Waals surface area contributed by atoms with Crippen molar-refractivity contribution in [3.8, 4) is 0 Å². The van der Waals surface area contributed by atoms with E-state index < -0.39 is 0 Å². The van der Waals surface area contributed by atoms with Crippen LogP contribution in [0.25, 0.3) is 32.3 Å². The van der Waals surface area contributed by atoms with Crippen LogP contribution < -0.4 is 9.80 Å². The van der Waals surface area contributed by atoms with Crippen LogP contribution in [-0.4, -0.2) is 0 Å². The summed E-state index contributed by atoms with van der Waals surface area (Å²) in [6.07, 6.45) is 0. The van der Waals surface area contributed by atoms with Crippen LogP contribution in [0.1, 0.15) is 18.6 Å². The van der Waals surface area contributed by atoms with Gasteiger partial charge in [-0.25, -0.2) is 0 Å². The van der Waals surface area contributed by atoms with Crippen molar-refractivity contribution in [2.45, 2.75) is 21.3 Å². The molecule has 0 saturated heterocycles. The lowest BCUT2D eigenvalue weighted by atomic mass is 9.97. The van der Waals surface area contributed by atoms with Gasteiger partial charge in [0.05, 0.1) is 22.7 Å². The Hall–Kier alpha value is -5.08. The van der Waals surface area contributed by atoms with Crippen molar-refractivity contribution in [1.82, 2.24) is 0 Å². The molecule has 0 aliphatic carbocycles. The topological polar surface area (TPSA) is 6.48 Å². The number of anilines is 6. The summed E-state index contributed by atoms with van der Waals surface area (Å²) >= 11 is 0. The summed E-state index contributed by atoms with van der Waals surface area (Å²) in [5, 5.41) is 7.45. The first kappa shape index (κ1) is 24.9. The largest absolute Gasteiger partial charge is 0.306 e. The van der Waals surface area contributed by atoms with Crippen LogP contribution in [0.4, 0.5) is 34.1 Å². The fourth-order valence-corrected chi connectivity index (χ4v) is 6.17. The summed E-state index contributed by atoms with van der Waals surface area (Å²) in [6, 6.07) is 48.9. The maximum atomic E-state index is 2.45. The zero-order valence-electron chi connectivity index (χ0n) is 22.6. The van der Waals surface area contributed by atoms with E-state index in [0.717, 1.165) is 11.4 Å². The summed E-state index contributed by atoms with van der Waals surface area (Å²) in [6.45, 7) is 4.43. The van der Waals surface area contributed by atoms with Gasteiger partial charge in [-0.05, 0) is 106 Å². The molecule has 198 valence electrons. The molecule has 0 spiro atoms. The lowest BCUT2D eigenvalue weighted by Crippen LogP contribution is -2.24. The summed E-state index contributed by atoms with van der Waals surface area (Å²) in [5.41, 5.74) is 9.63. The summed E-state index contributed by atoms with van der Waals surface area (Å²) in [4.78, 5) is 4.90. The van der Waals surface area contributed by atoms with Crippen LogP contribution >= 0.6 is 0 Å². The Morgan fingerprint density at radius 1 is 0.341 bits per heavy atom. The molecule has 0 fully saturated rings. The predicted molar refractivity (Wildman–Crippen MR) is 178 cm³/mol. The van der Waals surface area contributed by atoms with E-state index in [1.807, 2.05) is 0 Å². The lowest BCUT2D eigenvalue weighted by Gasteiger charge is -2.41. The molecule has 0 saturated carbocycles. The lowest BCUT2D eigenvalue weighted by molar-refractivity contribution is 1.16. The number of fused-ring (bicyclic) bond motifs is 5. The molecule has 7 aromatic carbocycles. The highest BCUT2D eigenvalue weighted by Gasteiger charge is 2.31. The van der Waals surface area contributed by atoms with Crippen LogP contribution in [0, 0.1) is 13.8 Å². The Morgan fingerprint density at radius 2 is 0.659 bits per heavy atom. The van der Waals surface area contributed by atoms with Gasteiger partial charge >= 0.3 is 0 Å². The average Bonchev–Trinajstić information content (AvgIpc) is 2.99. The number of rotatable bonds is 2. The second-order valence-corrected chi connectivity index (χ2v) is 10.8. The van der Waals surface area contributed by atoms with Gasteiger partial charge in [-0.3, -0.25) is 0 Å². The normalized spacial score (nSPS) is 12.3. The molecular weight excluding hydrogens is 496 g/mol. The smallest absolute Gasteiger partial charge is 0.0709 e. The monoisotopic (exact) mass is 528 g/mol. The SMILES string of the molecule is C.Cc1cc2c(cc1C)N(c1ccc3ccccc3c1)c1cc3ccccc3cc1N2c1ccc2ccccc2c1. The van der Waals surface area contributed by atoms with Crippen molar-refractivity contribution < 1.29 is 0 Å². The molecule has 0 amide bonds. The maximum Gasteiger partial charge on any atom is 0.0709 e. The van der Waals surface area contributed by atoms with Crippen molar-refractivity contribution in [3.05, 3.63) is 145 Å². The number of hydrogen-bond acceptors (Lipinski definition) is 2. The van der Waals surface area contributed by atoms with Gasteiger partial charge in [0.2, 0.25) is 0 Å². The first-order chi connectivity index (χ1) is 19.6. The number of hydrogen-bond donors (Lipinski definition) is 0. The third kappa shape index (κ3) is 3.95. The Labute approximate surface area is 241 Å². The van der Waals surface area contributed by atoms with Crippen LogP contribution in [-0.2, 0) is 0 Å². The van der Waals surface area contributed by atoms with Gasteiger partial charge in [0.25, 0.3) is 0 Å². The van der Waals surface area contributed by atoms with Crippen molar-refractivity contribution in [3.63, 3.8) is 0 Å². The molecule has 2 heteroatoms. The van der Waals surface area contributed by atoms with Gasteiger partial charge in [0.15, 0.2) is 0 Å². The first-order valence-electron chi connectivity index (χ1n) is 13.9. The van der Waals surface area contributed by atoms with Crippen LogP contribution in [0.15, 0.2) is 133 Å². The van der Waals surface area contributed by atoms with Crippen molar-refractivity contribution in [2.24, 2.45) is 0 Å². The molecule has 0 bridgehead atoms. The molecule has 0 aromatic heterocycles. The zero-order valence-corrected chi connectivity index (χ0v) is 22.6. The molecule has 8 rings (SSSR count). The Bertz CT molecular complexity index is 1960. The van der Waals surface area contributed by atoms with Gasteiger partial charge in [-0.1, -0.05) is 92.4 Å². The van der Waals surface area contributed by atoms with E-state index in [0.29, 0.717) is 0 Å². The number of nitrogens with zero attached hydrogens (tertiary/aromatic N) is 2. The van der Waals surface area contributed by atoms with Gasteiger partial charge < -0.3 is 9.80 Å². The third-order valence-corrected chi connectivity index (χ3v) is 8.38. The minimum atomic E-state index is 0. The number of benzene rings is 7. The van der Waals surface area contributed by atoms with Crippen molar-refractivity contribution in [2.75, 3.05) is 9.80 Å². The fraction of sp³-hybridized carbons (Fsp3) is 0.0769. The molecule has 0 radical (unpaired) electrons. The Morgan fingerprint density at radius 3 is 1.05 bits per heavy atom. The molecule has 1 aliphatic heterocycles. The van der Waals surface area contributed by atoms with E-state index in [1.165, 1.54) is 66.2 Å². The van der Waals surface area contributed by atoms with Crippen LogP contribution in [0.5, 0.6) is 0 Å². The predicted octanol–water partition coefficient (Wildman–Crippen LogP) is 11.7. The summed E-state index contributed by atoms with van der Waals surface area (Å²) < 4.78 is 0. The molecule has 2 nitrogen and oxygen atoms in total. The Kier molecular flexibility index (Phi) is 5.80.